The average Bonchev–Trinajstić information content (AvgIpc) is 2.67. The highest BCUT2D eigenvalue weighted by atomic mass is 35.5. The molecule has 6 nitrogen and oxygen atoms in total. The van der Waals surface area contributed by atoms with Crippen LogP contribution in [-0.2, 0) is 22.4 Å². The molecule has 2 aromatic carbocycles. The number of carbonyl (C=O) groups excluding carboxylic acids is 2. The number of benzene rings is 2. The number of para-hydroxylation sites is 1. The summed E-state index contributed by atoms with van der Waals surface area (Å²) in [5.41, 5.74) is 8.92. The fourth-order valence-electron chi connectivity index (χ4n) is 2.68. The number of hydrogen-bond acceptors (Lipinski definition) is 5. The van der Waals surface area contributed by atoms with Gasteiger partial charge in [0.15, 0.2) is 6.61 Å². The summed E-state index contributed by atoms with van der Waals surface area (Å²) in [5.74, 6) is -0.908. The summed E-state index contributed by atoms with van der Waals surface area (Å²) in [6.07, 6.45) is 1.56. The molecule has 0 saturated heterocycles. The lowest BCUT2D eigenvalue weighted by Gasteiger charge is -2.15. The van der Waals surface area contributed by atoms with E-state index < -0.39 is 18.5 Å². The van der Waals surface area contributed by atoms with Crippen molar-refractivity contribution in [2.45, 2.75) is 26.7 Å². The summed E-state index contributed by atoms with van der Waals surface area (Å²) in [7, 11) is 1.40. The van der Waals surface area contributed by atoms with E-state index in [4.69, 9.17) is 26.8 Å². The Morgan fingerprint density at radius 1 is 1.15 bits per heavy atom. The van der Waals surface area contributed by atoms with Gasteiger partial charge in [0.25, 0.3) is 5.91 Å². The van der Waals surface area contributed by atoms with Crippen LogP contribution in [0.2, 0.25) is 5.02 Å². The number of aryl methyl sites for hydroxylation is 2. The summed E-state index contributed by atoms with van der Waals surface area (Å²) in [5, 5.41) is 3.05. The molecule has 2 aromatic rings. The van der Waals surface area contributed by atoms with Crippen molar-refractivity contribution >= 4 is 34.9 Å². The molecule has 0 saturated carbocycles. The largest absolute Gasteiger partial charge is 0.496 e. The van der Waals surface area contributed by atoms with Crippen molar-refractivity contribution in [2.24, 2.45) is 0 Å². The van der Waals surface area contributed by atoms with Crippen molar-refractivity contribution in [3.8, 4) is 5.75 Å². The topological polar surface area (TPSA) is 90.7 Å². The zero-order chi connectivity index (χ0) is 20.0. The molecule has 0 radical (unpaired) electrons. The Hall–Kier alpha value is -2.73. The van der Waals surface area contributed by atoms with Crippen LogP contribution >= 0.6 is 11.6 Å². The van der Waals surface area contributed by atoms with Gasteiger partial charge in [-0.3, -0.25) is 4.79 Å². The Labute approximate surface area is 163 Å². The molecule has 27 heavy (non-hydrogen) atoms. The van der Waals surface area contributed by atoms with Crippen molar-refractivity contribution in [3.05, 3.63) is 52.0 Å². The first kappa shape index (κ1) is 20.6. The molecule has 7 heteroatoms. The number of halogens is 1. The van der Waals surface area contributed by atoms with Crippen LogP contribution in [-0.4, -0.2) is 25.6 Å². The van der Waals surface area contributed by atoms with Crippen molar-refractivity contribution in [1.82, 2.24) is 0 Å². The fraction of sp³-hybridized carbons (Fsp3) is 0.300. The maximum atomic E-state index is 12.3. The Bertz CT molecular complexity index is 830. The van der Waals surface area contributed by atoms with Gasteiger partial charge in [-0.05, 0) is 30.0 Å². The van der Waals surface area contributed by atoms with E-state index in [1.54, 1.807) is 0 Å². The minimum absolute atomic E-state index is 0.104. The maximum absolute atomic E-state index is 12.3. The smallest absolute Gasteiger partial charge is 0.342 e. The van der Waals surface area contributed by atoms with Gasteiger partial charge in [0, 0.05) is 11.8 Å². The molecule has 0 unspecified atom stereocenters. The van der Waals surface area contributed by atoms with Crippen LogP contribution in [0.15, 0.2) is 30.3 Å². The second-order valence-corrected chi connectivity index (χ2v) is 6.26. The number of carbonyl (C=O) groups is 2. The number of rotatable bonds is 7. The number of anilines is 2. The van der Waals surface area contributed by atoms with Gasteiger partial charge >= 0.3 is 5.97 Å². The van der Waals surface area contributed by atoms with Crippen molar-refractivity contribution in [2.75, 3.05) is 24.8 Å². The molecule has 0 fully saturated rings. The summed E-state index contributed by atoms with van der Waals surface area (Å²) in [4.78, 5) is 24.6. The first-order valence-corrected chi connectivity index (χ1v) is 8.99. The highest BCUT2D eigenvalue weighted by Crippen LogP contribution is 2.29. The van der Waals surface area contributed by atoms with E-state index in [-0.39, 0.29) is 22.0 Å². The molecule has 0 aliphatic rings. The van der Waals surface area contributed by atoms with Crippen LogP contribution in [0.1, 0.15) is 35.3 Å². The Balaban J connectivity index is 2.09. The molecular weight excluding hydrogens is 368 g/mol. The zero-order valence-corrected chi connectivity index (χ0v) is 16.4. The lowest BCUT2D eigenvalue weighted by Crippen LogP contribution is -2.22. The molecule has 2 rings (SSSR count). The van der Waals surface area contributed by atoms with Gasteiger partial charge in [0.2, 0.25) is 0 Å². The Morgan fingerprint density at radius 3 is 2.33 bits per heavy atom. The van der Waals surface area contributed by atoms with Gasteiger partial charge in [-0.25, -0.2) is 4.79 Å². The quantitative estimate of drug-likeness (QED) is 0.553. The minimum atomic E-state index is -0.719. The molecule has 144 valence electrons. The van der Waals surface area contributed by atoms with Crippen molar-refractivity contribution in [1.29, 1.82) is 0 Å². The van der Waals surface area contributed by atoms with Gasteiger partial charge in [0.1, 0.15) is 11.3 Å². The number of nitrogen functional groups attached to an aromatic ring is 1. The molecular formula is C20H23ClN2O4. The van der Waals surface area contributed by atoms with E-state index in [9.17, 15) is 9.59 Å². The third kappa shape index (κ3) is 4.92. The first-order valence-electron chi connectivity index (χ1n) is 8.61. The van der Waals surface area contributed by atoms with Gasteiger partial charge in [-0.1, -0.05) is 43.6 Å². The van der Waals surface area contributed by atoms with Crippen LogP contribution in [0.4, 0.5) is 11.4 Å². The molecule has 0 aromatic heterocycles. The van der Waals surface area contributed by atoms with Crippen LogP contribution in [0, 0.1) is 0 Å². The first-order chi connectivity index (χ1) is 12.9. The number of methoxy groups -OCH3 is 1. The standard InChI is InChI=1S/C20H23ClN2O4/c1-4-12-7-6-8-13(5-2)19(12)23-18(24)11-27-20(25)14-9-15(21)16(22)10-17(14)26-3/h6-10H,4-5,11,22H2,1-3H3,(H,23,24). The van der Waals surface area contributed by atoms with Gasteiger partial charge in [-0.15, -0.1) is 0 Å². The van der Waals surface area contributed by atoms with Crippen LogP contribution in [0.3, 0.4) is 0 Å². The minimum Gasteiger partial charge on any atom is -0.496 e. The van der Waals surface area contributed by atoms with E-state index in [1.807, 2.05) is 32.0 Å². The third-order valence-corrected chi connectivity index (χ3v) is 4.46. The summed E-state index contributed by atoms with van der Waals surface area (Å²) >= 11 is 5.96. The predicted molar refractivity (Wildman–Crippen MR) is 107 cm³/mol. The van der Waals surface area contributed by atoms with Crippen LogP contribution < -0.4 is 15.8 Å². The van der Waals surface area contributed by atoms with Crippen LogP contribution in [0.25, 0.3) is 0 Å². The molecule has 0 heterocycles. The number of esters is 1. The second kappa shape index (κ2) is 9.28. The summed E-state index contributed by atoms with van der Waals surface area (Å²) in [6, 6.07) is 8.68. The number of hydrogen-bond donors (Lipinski definition) is 2. The Kier molecular flexibility index (Phi) is 7.07. The molecule has 0 aliphatic heterocycles. The summed E-state index contributed by atoms with van der Waals surface area (Å²) < 4.78 is 10.2. The molecule has 3 N–H and O–H groups in total. The molecule has 1 amide bonds. The lowest BCUT2D eigenvalue weighted by atomic mass is 10.0. The Morgan fingerprint density at radius 2 is 1.78 bits per heavy atom. The maximum Gasteiger partial charge on any atom is 0.342 e. The highest BCUT2D eigenvalue weighted by molar-refractivity contribution is 6.33. The molecule has 0 aliphatic carbocycles. The molecule has 0 atom stereocenters. The fourth-order valence-corrected chi connectivity index (χ4v) is 2.85. The zero-order valence-electron chi connectivity index (χ0n) is 15.6. The number of ether oxygens (including phenoxy) is 2. The SMILES string of the molecule is CCc1cccc(CC)c1NC(=O)COC(=O)c1cc(Cl)c(N)cc1OC. The number of nitrogens with one attached hydrogen (secondary N) is 1. The highest BCUT2D eigenvalue weighted by Gasteiger charge is 2.18. The predicted octanol–water partition coefficient (Wildman–Crippen LogP) is 3.85. The van der Waals surface area contributed by atoms with E-state index in [0.717, 1.165) is 29.7 Å². The molecule has 0 spiro atoms. The lowest BCUT2D eigenvalue weighted by molar-refractivity contribution is -0.119. The number of nitrogens with two attached hydrogens (primary N) is 1. The van der Waals surface area contributed by atoms with Gasteiger partial charge < -0.3 is 20.5 Å². The third-order valence-electron chi connectivity index (χ3n) is 4.14. The van der Waals surface area contributed by atoms with E-state index >= 15 is 0 Å². The van der Waals surface area contributed by atoms with E-state index in [1.165, 1.54) is 19.2 Å². The van der Waals surface area contributed by atoms with E-state index in [2.05, 4.69) is 5.32 Å². The van der Waals surface area contributed by atoms with Crippen molar-refractivity contribution < 1.29 is 19.1 Å². The number of amides is 1. The normalized spacial score (nSPS) is 10.4. The summed E-state index contributed by atoms with van der Waals surface area (Å²) in [6.45, 7) is 3.61. The molecule has 0 bridgehead atoms. The van der Waals surface area contributed by atoms with Gasteiger partial charge in [-0.2, -0.15) is 0 Å². The monoisotopic (exact) mass is 390 g/mol. The average molecular weight is 391 g/mol. The van der Waals surface area contributed by atoms with E-state index in [0.29, 0.717) is 0 Å². The van der Waals surface area contributed by atoms with Crippen LogP contribution in [0.5, 0.6) is 5.75 Å². The van der Waals surface area contributed by atoms with Crippen molar-refractivity contribution in [3.63, 3.8) is 0 Å². The second-order valence-electron chi connectivity index (χ2n) is 5.86. The van der Waals surface area contributed by atoms with Gasteiger partial charge in [0.05, 0.1) is 17.8 Å².